The number of carbonyl (C=O) groups is 1. The fourth-order valence-corrected chi connectivity index (χ4v) is 3.83. The van der Waals surface area contributed by atoms with E-state index in [0.29, 0.717) is 5.56 Å². The number of methoxy groups -OCH3 is 1. The molecule has 2 aromatic rings. The molecular formula is C22H27FO6P+. The largest absolute Gasteiger partial charge is 0.513 e. The van der Waals surface area contributed by atoms with Crippen LogP contribution < -0.4 is 0 Å². The van der Waals surface area contributed by atoms with Crippen LogP contribution in [0, 0.1) is 26.6 Å². The van der Waals surface area contributed by atoms with Crippen molar-refractivity contribution in [3.63, 3.8) is 0 Å². The van der Waals surface area contributed by atoms with Gasteiger partial charge >= 0.3 is 14.0 Å². The fraction of sp³-hybridized carbons (Fsp3) is 0.409. The summed E-state index contributed by atoms with van der Waals surface area (Å²) < 4.78 is 40.7. The van der Waals surface area contributed by atoms with E-state index in [-0.39, 0.29) is 31.8 Å². The maximum Gasteiger partial charge on any atom is 0.513 e. The summed E-state index contributed by atoms with van der Waals surface area (Å²) in [5, 5.41) is 9.69. The average molecular weight is 437 g/mol. The Kier molecular flexibility index (Phi) is 9.06. The van der Waals surface area contributed by atoms with Crippen molar-refractivity contribution in [1.82, 2.24) is 0 Å². The SMILES string of the molecule is COC(=O)C[C@H](O)C[P+](=O)OCOCc1c(C)cc(C)cc1-c1ccc(F)c(C)c1. The molecule has 8 heteroatoms. The number of halogens is 1. The molecule has 0 aliphatic carbocycles. The molecule has 0 spiro atoms. The quantitative estimate of drug-likeness (QED) is 0.254. The van der Waals surface area contributed by atoms with Crippen LogP contribution >= 0.6 is 8.03 Å². The predicted octanol–water partition coefficient (Wildman–Crippen LogP) is 4.58. The second-order valence-corrected chi connectivity index (χ2v) is 8.41. The van der Waals surface area contributed by atoms with Crippen LogP contribution in [0.2, 0.25) is 0 Å². The number of aliphatic hydroxyl groups excluding tert-OH is 1. The Morgan fingerprint density at radius 1 is 1.17 bits per heavy atom. The van der Waals surface area contributed by atoms with E-state index in [9.17, 15) is 18.9 Å². The molecule has 2 aromatic carbocycles. The third-order valence-corrected chi connectivity index (χ3v) is 5.72. The van der Waals surface area contributed by atoms with Gasteiger partial charge in [0.05, 0.1) is 20.1 Å². The Hall–Kier alpha value is -2.18. The lowest BCUT2D eigenvalue weighted by atomic mass is 9.93. The summed E-state index contributed by atoms with van der Waals surface area (Å²) in [6.07, 6.45) is -1.53. The van der Waals surface area contributed by atoms with Crippen molar-refractivity contribution in [3.05, 3.63) is 58.4 Å². The van der Waals surface area contributed by atoms with E-state index in [1.54, 1.807) is 19.1 Å². The molecule has 0 fully saturated rings. The highest BCUT2D eigenvalue weighted by Gasteiger charge is 2.26. The molecule has 0 aliphatic heterocycles. The summed E-state index contributed by atoms with van der Waals surface area (Å²) in [5.74, 6) is -0.840. The minimum absolute atomic E-state index is 0.183. The van der Waals surface area contributed by atoms with Gasteiger partial charge in [0.25, 0.3) is 0 Å². The number of carbonyl (C=O) groups excluding carboxylic acids is 1. The highest BCUT2D eigenvalue weighted by molar-refractivity contribution is 7.39. The lowest BCUT2D eigenvalue weighted by Gasteiger charge is -2.15. The highest BCUT2D eigenvalue weighted by Crippen LogP contribution is 2.30. The van der Waals surface area contributed by atoms with Crippen molar-refractivity contribution < 1.29 is 32.9 Å². The highest BCUT2D eigenvalue weighted by atomic mass is 31.1. The first-order valence-electron chi connectivity index (χ1n) is 9.48. The molecule has 30 heavy (non-hydrogen) atoms. The molecule has 0 heterocycles. The minimum atomic E-state index is -2.18. The van der Waals surface area contributed by atoms with Crippen molar-refractivity contribution >= 4 is 14.0 Å². The second-order valence-electron chi connectivity index (χ2n) is 7.12. The van der Waals surface area contributed by atoms with Gasteiger partial charge in [-0.25, -0.2) is 4.39 Å². The molecule has 0 aromatic heterocycles. The van der Waals surface area contributed by atoms with E-state index in [1.807, 2.05) is 26.0 Å². The van der Waals surface area contributed by atoms with Gasteiger partial charge in [-0.1, -0.05) is 23.8 Å². The zero-order valence-electron chi connectivity index (χ0n) is 17.6. The standard InChI is InChI=1S/C22H27FO6P/c1-14-7-15(2)20(19(8-14)17-5-6-21(23)16(3)9-17)11-28-13-29-30(26)12-18(24)10-22(25)27-4/h5-9,18,24H,10-13H2,1-4H3/q+1/t18-/m0/s1. The molecule has 0 radical (unpaired) electrons. The molecule has 6 nitrogen and oxygen atoms in total. The van der Waals surface area contributed by atoms with Crippen molar-refractivity contribution in [2.24, 2.45) is 0 Å². The number of benzene rings is 2. The van der Waals surface area contributed by atoms with Gasteiger partial charge in [-0.2, -0.15) is 0 Å². The monoisotopic (exact) mass is 437 g/mol. The number of hydrogen-bond acceptors (Lipinski definition) is 6. The molecule has 1 N–H and O–H groups in total. The molecule has 0 saturated heterocycles. The van der Waals surface area contributed by atoms with Gasteiger partial charge in [0.15, 0.2) is 0 Å². The second kappa shape index (κ2) is 11.3. The van der Waals surface area contributed by atoms with Crippen LogP contribution in [0.1, 0.15) is 28.7 Å². The normalized spacial score (nSPS) is 12.5. The van der Waals surface area contributed by atoms with Crippen molar-refractivity contribution in [2.45, 2.75) is 39.9 Å². The maximum atomic E-state index is 13.7. The average Bonchev–Trinajstić information content (AvgIpc) is 2.67. The molecule has 0 bridgehead atoms. The Morgan fingerprint density at radius 2 is 1.90 bits per heavy atom. The molecule has 1 unspecified atom stereocenters. The van der Waals surface area contributed by atoms with E-state index in [0.717, 1.165) is 27.8 Å². The van der Waals surface area contributed by atoms with Crippen LogP contribution in [0.15, 0.2) is 30.3 Å². The Labute approximate surface area is 176 Å². The number of aryl methyl sites for hydroxylation is 3. The maximum absolute atomic E-state index is 13.7. The van der Waals surface area contributed by atoms with E-state index in [2.05, 4.69) is 4.74 Å². The molecule has 0 aliphatic rings. The van der Waals surface area contributed by atoms with Gasteiger partial charge in [-0.15, -0.1) is 4.52 Å². The number of aliphatic hydroxyl groups is 1. The van der Waals surface area contributed by atoms with Crippen molar-refractivity contribution in [1.29, 1.82) is 0 Å². The third-order valence-electron chi connectivity index (χ3n) is 4.60. The van der Waals surface area contributed by atoms with Crippen LogP contribution in [0.25, 0.3) is 11.1 Å². The summed E-state index contributed by atoms with van der Waals surface area (Å²) >= 11 is 0. The first-order valence-corrected chi connectivity index (χ1v) is 10.8. The zero-order chi connectivity index (χ0) is 22.3. The Morgan fingerprint density at radius 3 is 2.57 bits per heavy atom. The van der Waals surface area contributed by atoms with Gasteiger partial charge in [-0.3, -0.25) is 4.79 Å². The molecule has 0 amide bonds. The zero-order valence-corrected chi connectivity index (χ0v) is 18.5. The number of esters is 1. The van der Waals surface area contributed by atoms with Crippen LogP contribution in [0.4, 0.5) is 4.39 Å². The van der Waals surface area contributed by atoms with Gasteiger partial charge < -0.3 is 14.6 Å². The van der Waals surface area contributed by atoms with Crippen molar-refractivity contribution in [3.8, 4) is 11.1 Å². The van der Waals surface area contributed by atoms with Gasteiger partial charge in [0, 0.05) is 0 Å². The van der Waals surface area contributed by atoms with Crippen LogP contribution in [0.3, 0.4) is 0 Å². The molecule has 162 valence electrons. The van der Waals surface area contributed by atoms with E-state index < -0.39 is 20.1 Å². The topological polar surface area (TPSA) is 82.1 Å². The molecule has 0 saturated carbocycles. The summed E-state index contributed by atoms with van der Waals surface area (Å²) in [5.41, 5.74) is 5.41. The van der Waals surface area contributed by atoms with Gasteiger partial charge in [0.2, 0.25) is 13.0 Å². The summed E-state index contributed by atoms with van der Waals surface area (Å²) in [6, 6.07) is 9.02. The summed E-state index contributed by atoms with van der Waals surface area (Å²) in [4.78, 5) is 11.1. The van der Waals surface area contributed by atoms with E-state index in [4.69, 9.17) is 9.26 Å². The smallest absolute Gasteiger partial charge is 0.469 e. The van der Waals surface area contributed by atoms with Crippen molar-refractivity contribution in [2.75, 3.05) is 20.1 Å². The lowest BCUT2D eigenvalue weighted by molar-refractivity contribution is -0.142. The Balaban J connectivity index is 1.99. The van der Waals surface area contributed by atoms with Crippen LogP contribution in [-0.2, 0) is 30.0 Å². The predicted molar refractivity (Wildman–Crippen MR) is 112 cm³/mol. The van der Waals surface area contributed by atoms with E-state index in [1.165, 1.54) is 13.2 Å². The van der Waals surface area contributed by atoms with E-state index >= 15 is 0 Å². The van der Waals surface area contributed by atoms with Crippen LogP contribution in [-0.4, -0.2) is 37.2 Å². The number of rotatable bonds is 10. The first kappa shape index (κ1) is 24.1. The third kappa shape index (κ3) is 6.96. The fourth-order valence-electron chi connectivity index (χ4n) is 3.06. The minimum Gasteiger partial charge on any atom is -0.469 e. The lowest BCUT2D eigenvalue weighted by Crippen LogP contribution is -2.17. The number of hydrogen-bond donors (Lipinski definition) is 1. The summed E-state index contributed by atoms with van der Waals surface area (Å²) in [6.45, 7) is 5.67. The number of ether oxygens (including phenoxy) is 2. The van der Waals surface area contributed by atoms with Gasteiger partial charge in [-0.05, 0) is 65.3 Å². The first-order chi connectivity index (χ1) is 14.2. The molecule has 2 rings (SSSR count). The summed E-state index contributed by atoms with van der Waals surface area (Å²) in [7, 11) is -0.967. The van der Waals surface area contributed by atoms with Crippen LogP contribution in [0.5, 0.6) is 0 Å². The molecule has 2 atom stereocenters. The Bertz CT molecular complexity index is 915. The van der Waals surface area contributed by atoms with Gasteiger partial charge in [0.1, 0.15) is 11.9 Å². The molecular weight excluding hydrogens is 410 g/mol.